The monoisotopic (exact) mass is 219 g/mol. The van der Waals surface area contributed by atoms with Crippen molar-refractivity contribution in [2.75, 3.05) is 5.73 Å². The van der Waals surface area contributed by atoms with Gasteiger partial charge in [-0.1, -0.05) is 11.6 Å². The van der Waals surface area contributed by atoms with Gasteiger partial charge in [0.1, 0.15) is 0 Å². The molecule has 0 aliphatic rings. The highest BCUT2D eigenvalue weighted by molar-refractivity contribution is 9.10. The molecule has 2 N–H and O–H groups in total. The van der Waals surface area contributed by atoms with Gasteiger partial charge in [-0.2, -0.15) is 0 Å². The summed E-state index contributed by atoms with van der Waals surface area (Å²) < 4.78 is 0.890. The molecule has 0 spiro atoms. The molecule has 0 aliphatic carbocycles. The lowest BCUT2D eigenvalue weighted by molar-refractivity contribution is 1.45. The third kappa shape index (κ3) is 1.44. The lowest BCUT2D eigenvalue weighted by Crippen LogP contribution is -1.88. The lowest BCUT2D eigenvalue weighted by Gasteiger charge is -2.01. The maximum Gasteiger partial charge on any atom is 0.0568 e. The van der Waals surface area contributed by atoms with Gasteiger partial charge in [0, 0.05) is 10.2 Å². The molecule has 3 heteroatoms. The van der Waals surface area contributed by atoms with Crippen molar-refractivity contribution >= 4 is 33.2 Å². The number of anilines is 1. The number of aryl methyl sites for hydroxylation is 1. The summed E-state index contributed by atoms with van der Waals surface area (Å²) in [5, 5.41) is 0.656. The highest BCUT2D eigenvalue weighted by Crippen LogP contribution is 2.26. The fourth-order valence-electron chi connectivity index (χ4n) is 0.662. The van der Waals surface area contributed by atoms with E-state index < -0.39 is 0 Å². The van der Waals surface area contributed by atoms with E-state index in [4.69, 9.17) is 17.3 Å². The minimum Gasteiger partial charge on any atom is -0.398 e. The Morgan fingerprint density at radius 2 is 2.10 bits per heavy atom. The smallest absolute Gasteiger partial charge is 0.0568 e. The number of nitrogens with two attached hydrogens (primary N) is 1. The number of hydrogen-bond donors (Lipinski definition) is 1. The normalized spacial score (nSPS) is 9.90. The zero-order valence-corrected chi connectivity index (χ0v) is 7.83. The van der Waals surface area contributed by atoms with Crippen molar-refractivity contribution in [3.05, 3.63) is 27.2 Å². The number of nitrogen functional groups attached to an aromatic ring is 1. The first kappa shape index (κ1) is 7.89. The molecule has 1 aromatic carbocycles. The molecule has 0 heterocycles. The van der Waals surface area contributed by atoms with Crippen LogP contribution in [0, 0.1) is 6.92 Å². The van der Waals surface area contributed by atoms with Gasteiger partial charge >= 0.3 is 0 Å². The summed E-state index contributed by atoms with van der Waals surface area (Å²) in [5.74, 6) is 0. The summed E-state index contributed by atoms with van der Waals surface area (Å²) in [5.41, 5.74) is 7.35. The van der Waals surface area contributed by atoms with Crippen molar-refractivity contribution < 1.29 is 0 Å². The molecule has 0 aliphatic heterocycles. The molecular weight excluding hydrogens is 213 g/mol. The second-order valence-electron chi connectivity index (χ2n) is 2.12. The van der Waals surface area contributed by atoms with E-state index in [9.17, 15) is 0 Å². The minimum atomic E-state index is 0.656. The van der Waals surface area contributed by atoms with Crippen LogP contribution < -0.4 is 5.73 Å². The second-order valence-corrected chi connectivity index (χ2v) is 3.38. The average Bonchev–Trinajstić information content (AvgIpc) is 1.84. The van der Waals surface area contributed by atoms with E-state index in [1.165, 1.54) is 0 Å². The Balaban J connectivity index is 3.28. The van der Waals surface area contributed by atoms with Crippen molar-refractivity contribution in [3.8, 4) is 0 Å². The predicted molar refractivity (Wildman–Crippen MR) is 48.3 cm³/mol. The summed E-state index contributed by atoms with van der Waals surface area (Å²) in [6.07, 6.45) is 0. The predicted octanol–water partition coefficient (Wildman–Crippen LogP) is 2.99. The van der Waals surface area contributed by atoms with E-state index in [-0.39, 0.29) is 0 Å². The fraction of sp³-hybridized carbons (Fsp3) is 0.143. The number of rotatable bonds is 0. The fourth-order valence-corrected chi connectivity index (χ4v) is 1.29. The molecule has 0 unspecified atom stereocenters. The Morgan fingerprint density at radius 3 is 2.60 bits per heavy atom. The van der Waals surface area contributed by atoms with E-state index in [0.717, 1.165) is 15.7 Å². The van der Waals surface area contributed by atoms with Gasteiger partial charge in [0.15, 0.2) is 0 Å². The van der Waals surface area contributed by atoms with Gasteiger partial charge < -0.3 is 5.73 Å². The van der Waals surface area contributed by atoms with E-state index in [1.54, 1.807) is 6.07 Å². The molecule has 0 amide bonds. The van der Waals surface area contributed by atoms with Crippen LogP contribution in [0.1, 0.15) is 5.56 Å². The van der Waals surface area contributed by atoms with E-state index in [1.807, 2.05) is 13.0 Å². The topological polar surface area (TPSA) is 26.0 Å². The molecule has 0 aromatic heterocycles. The quantitative estimate of drug-likeness (QED) is 0.668. The SMILES string of the molecule is Cc1cc(Br)c(Cl)cc1N. The van der Waals surface area contributed by atoms with E-state index in [2.05, 4.69) is 15.9 Å². The molecule has 0 saturated heterocycles. The number of hydrogen-bond acceptors (Lipinski definition) is 1. The third-order valence-electron chi connectivity index (χ3n) is 1.31. The zero-order chi connectivity index (χ0) is 7.72. The molecule has 0 atom stereocenters. The Kier molecular flexibility index (Phi) is 2.21. The Morgan fingerprint density at radius 1 is 1.50 bits per heavy atom. The maximum atomic E-state index is 5.76. The molecule has 0 saturated carbocycles. The van der Waals surface area contributed by atoms with Crippen molar-refractivity contribution in [2.24, 2.45) is 0 Å². The lowest BCUT2D eigenvalue weighted by atomic mass is 10.2. The maximum absolute atomic E-state index is 5.76. The average molecular weight is 220 g/mol. The molecule has 0 bridgehead atoms. The van der Waals surface area contributed by atoms with Crippen LogP contribution in [-0.2, 0) is 0 Å². The van der Waals surface area contributed by atoms with Gasteiger partial charge in [-0.3, -0.25) is 0 Å². The summed E-state index contributed by atoms with van der Waals surface area (Å²) >= 11 is 9.05. The Labute approximate surface area is 73.3 Å². The molecular formula is C7H7BrClN. The van der Waals surface area contributed by atoms with Gasteiger partial charge in [-0.05, 0) is 40.5 Å². The summed E-state index contributed by atoms with van der Waals surface area (Å²) in [6.45, 7) is 1.94. The van der Waals surface area contributed by atoms with Crippen molar-refractivity contribution in [3.63, 3.8) is 0 Å². The molecule has 1 aromatic rings. The van der Waals surface area contributed by atoms with Gasteiger partial charge in [-0.25, -0.2) is 0 Å². The standard InChI is InChI=1S/C7H7BrClN/c1-4-2-5(8)6(9)3-7(4)10/h2-3H,10H2,1H3. The molecule has 54 valence electrons. The largest absolute Gasteiger partial charge is 0.398 e. The first-order valence-electron chi connectivity index (χ1n) is 2.82. The molecule has 0 radical (unpaired) electrons. The highest BCUT2D eigenvalue weighted by Gasteiger charge is 1.99. The van der Waals surface area contributed by atoms with E-state index in [0.29, 0.717) is 5.02 Å². The molecule has 1 nitrogen and oxygen atoms in total. The van der Waals surface area contributed by atoms with Crippen LogP contribution in [0.2, 0.25) is 5.02 Å². The first-order valence-corrected chi connectivity index (χ1v) is 3.99. The van der Waals surface area contributed by atoms with E-state index >= 15 is 0 Å². The first-order chi connectivity index (χ1) is 4.61. The molecule has 0 fully saturated rings. The van der Waals surface area contributed by atoms with Crippen LogP contribution in [0.4, 0.5) is 5.69 Å². The van der Waals surface area contributed by atoms with Crippen molar-refractivity contribution in [1.82, 2.24) is 0 Å². The highest BCUT2D eigenvalue weighted by atomic mass is 79.9. The van der Waals surface area contributed by atoms with Crippen LogP contribution in [0.5, 0.6) is 0 Å². The molecule has 10 heavy (non-hydrogen) atoms. The number of halogens is 2. The van der Waals surface area contributed by atoms with Crippen molar-refractivity contribution in [1.29, 1.82) is 0 Å². The van der Waals surface area contributed by atoms with Gasteiger partial charge in [0.2, 0.25) is 0 Å². The second kappa shape index (κ2) is 2.81. The van der Waals surface area contributed by atoms with Crippen LogP contribution in [0.25, 0.3) is 0 Å². The van der Waals surface area contributed by atoms with Gasteiger partial charge in [0.05, 0.1) is 5.02 Å². The molecule has 1 rings (SSSR count). The van der Waals surface area contributed by atoms with Crippen LogP contribution in [-0.4, -0.2) is 0 Å². The zero-order valence-electron chi connectivity index (χ0n) is 5.49. The van der Waals surface area contributed by atoms with Crippen LogP contribution in [0.15, 0.2) is 16.6 Å². The summed E-state index contributed by atoms with van der Waals surface area (Å²) in [6, 6.07) is 3.64. The third-order valence-corrected chi connectivity index (χ3v) is 2.51. The number of benzene rings is 1. The minimum absolute atomic E-state index is 0.656. The summed E-state index contributed by atoms with van der Waals surface area (Å²) in [4.78, 5) is 0. The van der Waals surface area contributed by atoms with Crippen molar-refractivity contribution in [2.45, 2.75) is 6.92 Å². The van der Waals surface area contributed by atoms with Crippen LogP contribution in [0.3, 0.4) is 0 Å². The van der Waals surface area contributed by atoms with Gasteiger partial charge in [0.25, 0.3) is 0 Å². The Bertz CT molecular complexity index is 210. The van der Waals surface area contributed by atoms with Crippen LogP contribution >= 0.6 is 27.5 Å². The Hall–Kier alpha value is -0.210. The summed E-state index contributed by atoms with van der Waals surface area (Å²) in [7, 11) is 0. The van der Waals surface area contributed by atoms with Gasteiger partial charge in [-0.15, -0.1) is 0 Å².